The van der Waals surface area contributed by atoms with Gasteiger partial charge in [0.05, 0.1) is 4.91 Å². The van der Waals surface area contributed by atoms with Crippen molar-refractivity contribution in [3.8, 4) is 0 Å². The van der Waals surface area contributed by atoms with Crippen LogP contribution in [0.15, 0.2) is 53.7 Å². The second-order valence-electron chi connectivity index (χ2n) is 5.42. The average Bonchev–Trinajstić information content (AvgIpc) is 2.85. The number of hydrogen-bond donors (Lipinski definition) is 1. The fraction of sp³-hybridized carbons (Fsp3) is 0.111. The lowest BCUT2D eigenvalue weighted by Crippen LogP contribution is -2.36. The molecule has 3 amide bonds. The lowest BCUT2D eigenvalue weighted by molar-refractivity contribution is -0.127. The Kier molecular flexibility index (Phi) is 4.95. The minimum Gasteiger partial charge on any atom is -0.324 e. The Bertz CT molecular complexity index is 865. The van der Waals surface area contributed by atoms with E-state index in [1.54, 1.807) is 42.7 Å². The van der Waals surface area contributed by atoms with E-state index in [0.29, 0.717) is 5.69 Å². The van der Waals surface area contributed by atoms with Crippen LogP contribution in [-0.4, -0.2) is 33.5 Å². The van der Waals surface area contributed by atoms with Gasteiger partial charge in [-0.05, 0) is 48.0 Å². The molecule has 0 aliphatic carbocycles. The van der Waals surface area contributed by atoms with Crippen LogP contribution in [0.25, 0.3) is 6.08 Å². The first-order chi connectivity index (χ1) is 12.0. The quantitative estimate of drug-likeness (QED) is 0.855. The zero-order chi connectivity index (χ0) is 17.8. The van der Waals surface area contributed by atoms with Gasteiger partial charge in [0.15, 0.2) is 0 Å². The Morgan fingerprint density at radius 1 is 1.24 bits per heavy atom. The van der Waals surface area contributed by atoms with Gasteiger partial charge in [0.1, 0.15) is 6.54 Å². The second-order valence-corrected chi connectivity index (χ2v) is 6.41. The van der Waals surface area contributed by atoms with E-state index in [2.05, 4.69) is 10.3 Å². The van der Waals surface area contributed by atoms with Crippen molar-refractivity contribution in [2.45, 2.75) is 6.92 Å². The van der Waals surface area contributed by atoms with Crippen LogP contribution in [0.2, 0.25) is 0 Å². The summed E-state index contributed by atoms with van der Waals surface area (Å²) in [6.07, 6.45) is 4.81. The number of para-hydroxylation sites is 1. The molecule has 0 saturated carbocycles. The number of aryl methyl sites for hydroxylation is 1. The van der Waals surface area contributed by atoms with E-state index in [1.165, 1.54) is 0 Å². The number of hydrogen-bond acceptors (Lipinski definition) is 5. The zero-order valence-electron chi connectivity index (χ0n) is 13.4. The van der Waals surface area contributed by atoms with Gasteiger partial charge in [-0.1, -0.05) is 24.3 Å². The monoisotopic (exact) mass is 353 g/mol. The highest BCUT2D eigenvalue weighted by molar-refractivity contribution is 8.18. The molecule has 1 aliphatic heterocycles. The number of thioether (sulfide) groups is 1. The van der Waals surface area contributed by atoms with Crippen molar-refractivity contribution in [2.24, 2.45) is 0 Å². The standard InChI is InChI=1S/C18H15N3O3S/c1-12-5-2-3-7-14(12)20-16(22)11-21-17(23)15(25-18(21)24)9-13-6-4-8-19-10-13/h2-10H,11H2,1H3,(H,20,22)/b15-9-. The zero-order valence-corrected chi connectivity index (χ0v) is 14.2. The molecular weight excluding hydrogens is 338 g/mol. The first-order valence-corrected chi connectivity index (χ1v) is 8.37. The van der Waals surface area contributed by atoms with Crippen LogP contribution in [0, 0.1) is 6.92 Å². The molecule has 1 aromatic carbocycles. The smallest absolute Gasteiger partial charge is 0.294 e. The lowest BCUT2D eigenvalue weighted by Gasteiger charge is -2.13. The number of nitrogens with one attached hydrogen (secondary N) is 1. The molecule has 1 fully saturated rings. The number of carbonyl (C=O) groups excluding carboxylic acids is 3. The molecule has 6 nitrogen and oxygen atoms in total. The van der Waals surface area contributed by atoms with Crippen LogP contribution in [0.3, 0.4) is 0 Å². The van der Waals surface area contributed by atoms with Crippen molar-refractivity contribution >= 4 is 40.6 Å². The van der Waals surface area contributed by atoms with Crippen molar-refractivity contribution in [3.63, 3.8) is 0 Å². The fourth-order valence-electron chi connectivity index (χ4n) is 2.30. The van der Waals surface area contributed by atoms with Gasteiger partial charge in [-0.2, -0.15) is 0 Å². The molecular formula is C18H15N3O3S. The van der Waals surface area contributed by atoms with Crippen molar-refractivity contribution in [3.05, 3.63) is 64.8 Å². The molecule has 126 valence electrons. The van der Waals surface area contributed by atoms with Gasteiger partial charge >= 0.3 is 0 Å². The van der Waals surface area contributed by atoms with Gasteiger partial charge in [-0.15, -0.1) is 0 Å². The number of nitrogens with zero attached hydrogens (tertiary/aromatic N) is 2. The van der Waals surface area contributed by atoms with Crippen LogP contribution in [0.4, 0.5) is 10.5 Å². The molecule has 1 saturated heterocycles. The summed E-state index contributed by atoms with van der Waals surface area (Å²) in [4.78, 5) is 41.8. The number of anilines is 1. The first kappa shape index (κ1) is 16.9. The minimum absolute atomic E-state index is 0.279. The van der Waals surface area contributed by atoms with E-state index in [9.17, 15) is 14.4 Å². The largest absolute Gasteiger partial charge is 0.324 e. The maximum Gasteiger partial charge on any atom is 0.294 e. The van der Waals surface area contributed by atoms with E-state index in [-0.39, 0.29) is 11.4 Å². The van der Waals surface area contributed by atoms with E-state index < -0.39 is 17.1 Å². The third kappa shape index (κ3) is 3.95. The van der Waals surface area contributed by atoms with Gasteiger partial charge in [-0.3, -0.25) is 24.3 Å². The molecule has 0 spiro atoms. The Hall–Kier alpha value is -2.93. The molecule has 2 heterocycles. The van der Waals surface area contributed by atoms with Crippen LogP contribution in [0.1, 0.15) is 11.1 Å². The molecule has 1 aromatic heterocycles. The third-order valence-corrected chi connectivity index (χ3v) is 4.48. The lowest BCUT2D eigenvalue weighted by atomic mass is 10.2. The van der Waals surface area contributed by atoms with E-state index >= 15 is 0 Å². The van der Waals surface area contributed by atoms with Crippen LogP contribution >= 0.6 is 11.8 Å². The molecule has 2 aromatic rings. The van der Waals surface area contributed by atoms with Gasteiger partial charge < -0.3 is 5.32 Å². The SMILES string of the molecule is Cc1ccccc1NC(=O)CN1C(=O)S/C(=C\c2cccnc2)C1=O. The fourth-order valence-corrected chi connectivity index (χ4v) is 3.13. The number of pyridine rings is 1. The van der Waals surface area contributed by atoms with Crippen LogP contribution in [-0.2, 0) is 9.59 Å². The van der Waals surface area contributed by atoms with Crippen molar-refractivity contribution < 1.29 is 14.4 Å². The first-order valence-electron chi connectivity index (χ1n) is 7.55. The highest BCUT2D eigenvalue weighted by Gasteiger charge is 2.36. The normalized spacial score (nSPS) is 15.7. The molecule has 7 heteroatoms. The molecule has 0 atom stereocenters. The Morgan fingerprint density at radius 3 is 2.76 bits per heavy atom. The molecule has 3 rings (SSSR count). The third-order valence-electron chi connectivity index (χ3n) is 3.58. The number of benzene rings is 1. The summed E-state index contributed by atoms with van der Waals surface area (Å²) in [5.41, 5.74) is 2.28. The van der Waals surface area contributed by atoms with Gasteiger partial charge in [-0.25, -0.2) is 0 Å². The number of imide groups is 1. The van der Waals surface area contributed by atoms with E-state index in [4.69, 9.17) is 0 Å². The Labute approximate surface area is 148 Å². The number of carbonyl (C=O) groups is 3. The van der Waals surface area contributed by atoms with Gasteiger partial charge in [0.2, 0.25) is 5.91 Å². The van der Waals surface area contributed by atoms with Crippen LogP contribution in [0.5, 0.6) is 0 Å². The predicted octanol–water partition coefficient (Wildman–Crippen LogP) is 3.07. The highest BCUT2D eigenvalue weighted by atomic mass is 32.2. The number of amides is 3. The molecule has 25 heavy (non-hydrogen) atoms. The minimum atomic E-state index is -0.473. The summed E-state index contributed by atoms with van der Waals surface area (Å²) in [6.45, 7) is 1.55. The maximum atomic E-state index is 12.4. The van der Waals surface area contributed by atoms with Crippen molar-refractivity contribution in [1.82, 2.24) is 9.88 Å². The van der Waals surface area contributed by atoms with E-state index in [1.807, 2.05) is 19.1 Å². The summed E-state index contributed by atoms with van der Waals surface area (Å²) in [5.74, 6) is -0.891. The molecule has 0 unspecified atom stereocenters. The topological polar surface area (TPSA) is 79.4 Å². The molecule has 0 bridgehead atoms. The van der Waals surface area contributed by atoms with E-state index in [0.717, 1.165) is 27.8 Å². The summed E-state index contributed by atoms with van der Waals surface area (Å²) in [5, 5.41) is 2.26. The molecule has 1 N–H and O–H groups in total. The summed E-state index contributed by atoms with van der Waals surface area (Å²) >= 11 is 0.819. The Balaban J connectivity index is 1.70. The highest BCUT2D eigenvalue weighted by Crippen LogP contribution is 2.31. The maximum absolute atomic E-state index is 12.4. The summed E-state index contributed by atoms with van der Waals surface area (Å²) < 4.78 is 0. The number of rotatable bonds is 4. The summed E-state index contributed by atoms with van der Waals surface area (Å²) in [7, 11) is 0. The van der Waals surface area contributed by atoms with Crippen molar-refractivity contribution in [1.29, 1.82) is 0 Å². The predicted molar refractivity (Wildman–Crippen MR) is 96.7 cm³/mol. The van der Waals surface area contributed by atoms with Crippen LogP contribution < -0.4 is 5.32 Å². The molecule has 0 radical (unpaired) electrons. The summed E-state index contributed by atoms with van der Waals surface area (Å²) in [6, 6.07) is 10.8. The molecule has 1 aliphatic rings. The Morgan fingerprint density at radius 2 is 2.04 bits per heavy atom. The average molecular weight is 353 g/mol. The van der Waals surface area contributed by atoms with Crippen molar-refractivity contribution in [2.75, 3.05) is 11.9 Å². The number of aromatic nitrogens is 1. The second kappa shape index (κ2) is 7.31. The van der Waals surface area contributed by atoms with Gasteiger partial charge in [0.25, 0.3) is 11.1 Å². The van der Waals surface area contributed by atoms with Gasteiger partial charge in [0, 0.05) is 18.1 Å².